The molecule has 6 heteroatoms. The van der Waals surface area contributed by atoms with E-state index in [4.69, 9.17) is 19.6 Å². The molecule has 0 unspecified atom stereocenters. The fourth-order valence-electron chi connectivity index (χ4n) is 2.55. The van der Waals surface area contributed by atoms with Crippen molar-refractivity contribution in [1.29, 1.82) is 0 Å². The molecular weight excluding hydrogens is 306 g/mol. The van der Waals surface area contributed by atoms with Crippen molar-refractivity contribution in [3.63, 3.8) is 0 Å². The molecule has 3 aromatic rings. The first-order valence-corrected chi connectivity index (χ1v) is 7.44. The summed E-state index contributed by atoms with van der Waals surface area (Å²) in [5, 5.41) is 8.22. The molecule has 2 heterocycles. The largest absolute Gasteiger partial charge is 0.497 e. The minimum Gasteiger partial charge on any atom is -0.497 e. The zero-order chi connectivity index (χ0) is 16.5. The number of nitrogens with zero attached hydrogens (tertiary/aromatic N) is 2. The van der Waals surface area contributed by atoms with Crippen LogP contribution >= 0.6 is 0 Å². The van der Waals surface area contributed by atoms with E-state index in [0.717, 1.165) is 28.2 Å². The summed E-state index contributed by atoms with van der Waals surface area (Å²) in [5.41, 5.74) is 8.96. The summed E-state index contributed by atoms with van der Waals surface area (Å²) < 4.78 is 16.8. The van der Waals surface area contributed by atoms with Crippen LogP contribution in [0.25, 0.3) is 23.1 Å². The van der Waals surface area contributed by atoms with Gasteiger partial charge in [-0.3, -0.25) is 0 Å². The minimum atomic E-state index is 0.373. The SMILES string of the molecule is COc1ccc2c(c1)C=C(c1nnc(-c3cccc(N)c3)o1)CO2. The molecule has 0 atom stereocenters. The number of nitrogen functional groups attached to an aromatic ring is 1. The second kappa shape index (κ2) is 5.73. The van der Waals surface area contributed by atoms with Gasteiger partial charge in [0, 0.05) is 16.8 Å². The number of rotatable bonds is 3. The van der Waals surface area contributed by atoms with Gasteiger partial charge in [0.15, 0.2) is 0 Å². The summed E-state index contributed by atoms with van der Waals surface area (Å²) in [6.45, 7) is 0.373. The molecule has 0 aliphatic carbocycles. The normalized spacial score (nSPS) is 13.0. The van der Waals surface area contributed by atoms with Crippen LogP contribution in [0.15, 0.2) is 46.9 Å². The van der Waals surface area contributed by atoms with Crippen LogP contribution in [0.1, 0.15) is 11.5 Å². The van der Waals surface area contributed by atoms with Crippen molar-refractivity contribution in [1.82, 2.24) is 10.2 Å². The number of benzene rings is 2. The number of hydrogen-bond donors (Lipinski definition) is 1. The molecule has 0 radical (unpaired) electrons. The van der Waals surface area contributed by atoms with Crippen LogP contribution in [0.3, 0.4) is 0 Å². The lowest BCUT2D eigenvalue weighted by atomic mass is 10.1. The Balaban J connectivity index is 1.68. The maximum Gasteiger partial charge on any atom is 0.248 e. The van der Waals surface area contributed by atoms with Crippen molar-refractivity contribution in [2.75, 3.05) is 19.5 Å². The fraction of sp³-hybridized carbons (Fsp3) is 0.111. The topological polar surface area (TPSA) is 83.4 Å². The van der Waals surface area contributed by atoms with E-state index in [-0.39, 0.29) is 0 Å². The Kier molecular flexibility index (Phi) is 3.42. The van der Waals surface area contributed by atoms with Crippen molar-refractivity contribution >= 4 is 17.3 Å². The van der Waals surface area contributed by atoms with Crippen LogP contribution in [-0.4, -0.2) is 23.9 Å². The first kappa shape index (κ1) is 14.3. The fourth-order valence-corrected chi connectivity index (χ4v) is 2.55. The van der Waals surface area contributed by atoms with E-state index in [1.807, 2.05) is 42.5 Å². The molecule has 0 amide bonds. The number of fused-ring (bicyclic) bond motifs is 1. The number of aromatic nitrogens is 2. The van der Waals surface area contributed by atoms with Crippen LogP contribution in [-0.2, 0) is 0 Å². The molecule has 1 aliphatic heterocycles. The average molecular weight is 321 g/mol. The Morgan fingerprint density at radius 2 is 1.96 bits per heavy atom. The monoisotopic (exact) mass is 321 g/mol. The summed E-state index contributed by atoms with van der Waals surface area (Å²) in [6.07, 6.45) is 1.97. The molecule has 0 bridgehead atoms. The molecular formula is C18H15N3O3. The highest BCUT2D eigenvalue weighted by atomic mass is 16.5. The van der Waals surface area contributed by atoms with E-state index in [1.54, 1.807) is 13.2 Å². The predicted molar refractivity (Wildman–Crippen MR) is 90.5 cm³/mol. The molecule has 24 heavy (non-hydrogen) atoms. The van der Waals surface area contributed by atoms with Crippen molar-refractivity contribution in [3.05, 3.63) is 53.9 Å². The summed E-state index contributed by atoms with van der Waals surface area (Å²) >= 11 is 0. The third-order valence-electron chi connectivity index (χ3n) is 3.76. The third-order valence-corrected chi connectivity index (χ3v) is 3.76. The predicted octanol–water partition coefficient (Wildman–Crippen LogP) is 3.26. The molecule has 0 saturated heterocycles. The molecule has 2 N–H and O–H groups in total. The Morgan fingerprint density at radius 3 is 2.79 bits per heavy atom. The first-order chi connectivity index (χ1) is 11.7. The molecule has 0 saturated carbocycles. The van der Waals surface area contributed by atoms with Gasteiger partial charge in [-0.1, -0.05) is 6.07 Å². The maximum atomic E-state index is 5.79. The highest BCUT2D eigenvalue weighted by Crippen LogP contribution is 2.33. The highest BCUT2D eigenvalue weighted by molar-refractivity contribution is 5.83. The van der Waals surface area contributed by atoms with E-state index < -0.39 is 0 Å². The third kappa shape index (κ3) is 2.58. The summed E-state index contributed by atoms with van der Waals surface area (Å²) in [6, 6.07) is 13.0. The molecule has 120 valence electrons. The van der Waals surface area contributed by atoms with Gasteiger partial charge >= 0.3 is 0 Å². The zero-order valence-electron chi connectivity index (χ0n) is 13.0. The van der Waals surface area contributed by atoms with Crippen LogP contribution in [0.4, 0.5) is 5.69 Å². The zero-order valence-corrected chi connectivity index (χ0v) is 13.0. The van der Waals surface area contributed by atoms with Gasteiger partial charge in [0.25, 0.3) is 0 Å². The molecule has 0 fully saturated rings. The number of nitrogens with two attached hydrogens (primary N) is 1. The van der Waals surface area contributed by atoms with Crippen molar-refractivity contribution in [2.24, 2.45) is 0 Å². The summed E-state index contributed by atoms with van der Waals surface area (Å²) in [4.78, 5) is 0. The molecule has 2 aromatic carbocycles. The lowest BCUT2D eigenvalue weighted by Gasteiger charge is -2.16. The van der Waals surface area contributed by atoms with E-state index in [0.29, 0.717) is 24.1 Å². The average Bonchev–Trinajstić information content (AvgIpc) is 3.11. The summed E-state index contributed by atoms with van der Waals surface area (Å²) in [7, 11) is 1.63. The maximum absolute atomic E-state index is 5.79. The molecule has 6 nitrogen and oxygen atoms in total. The van der Waals surface area contributed by atoms with Crippen molar-refractivity contribution in [2.45, 2.75) is 0 Å². The van der Waals surface area contributed by atoms with Crippen LogP contribution in [0.5, 0.6) is 11.5 Å². The van der Waals surface area contributed by atoms with E-state index in [1.165, 1.54) is 0 Å². The lowest BCUT2D eigenvalue weighted by molar-refractivity contribution is 0.358. The van der Waals surface area contributed by atoms with Crippen molar-refractivity contribution < 1.29 is 13.9 Å². The Bertz CT molecular complexity index is 931. The molecule has 1 aliphatic rings. The van der Waals surface area contributed by atoms with Gasteiger partial charge in [-0.25, -0.2) is 0 Å². The van der Waals surface area contributed by atoms with Crippen LogP contribution in [0, 0.1) is 0 Å². The molecule has 4 rings (SSSR count). The van der Waals surface area contributed by atoms with Gasteiger partial charge in [0.2, 0.25) is 11.8 Å². The number of hydrogen-bond acceptors (Lipinski definition) is 6. The van der Waals surface area contributed by atoms with Gasteiger partial charge in [-0.2, -0.15) is 0 Å². The highest BCUT2D eigenvalue weighted by Gasteiger charge is 2.19. The Labute approximate surface area is 138 Å². The second-order valence-electron chi connectivity index (χ2n) is 5.40. The number of methoxy groups -OCH3 is 1. The standard InChI is InChI=1S/C18H15N3O3/c1-22-15-5-6-16-12(9-15)7-13(10-23-16)18-21-20-17(24-18)11-3-2-4-14(19)8-11/h2-9H,10,19H2,1H3. The van der Waals surface area contributed by atoms with Gasteiger partial charge < -0.3 is 19.6 Å². The van der Waals surface area contributed by atoms with E-state index >= 15 is 0 Å². The van der Waals surface area contributed by atoms with Crippen LogP contribution in [0.2, 0.25) is 0 Å². The Hall–Kier alpha value is -3.28. The van der Waals surface area contributed by atoms with Gasteiger partial charge in [0.05, 0.1) is 12.7 Å². The van der Waals surface area contributed by atoms with E-state index in [9.17, 15) is 0 Å². The van der Waals surface area contributed by atoms with Gasteiger partial charge in [0.1, 0.15) is 18.1 Å². The van der Waals surface area contributed by atoms with Crippen molar-refractivity contribution in [3.8, 4) is 23.0 Å². The first-order valence-electron chi connectivity index (χ1n) is 7.44. The second-order valence-corrected chi connectivity index (χ2v) is 5.40. The molecule has 0 spiro atoms. The minimum absolute atomic E-state index is 0.373. The Morgan fingerprint density at radius 1 is 1.08 bits per heavy atom. The van der Waals surface area contributed by atoms with E-state index in [2.05, 4.69) is 10.2 Å². The smallest absolute Gasteiger partial charge is 0.248 e. The summed E-state index contributed by atoms with van der Waals surface area (Å²) in [5.74, 6) is 2.42. The lowest BCUT2D eigenvalue weighted by Crippen LogP contribution is -2.07. The van der Waals surface area contributed by atoms with Gasteiger partial charge in [-0.15, -0.1) is 10.2 Å². The number of ether oxygens (including phenoxy) is 2. The molecule has 1 aromatic heterocycles. The quantitative estimate of drug-likeness (QED) is 0.746. The van der Waals surface area contributed by atoms with Crippen LogP contribution < -0.4 is 15.2 Å². The number of anilines is 1. The van der Waals surface area contributed by atoms with Gasteiger partial charge in [-0.05, 0) is 42.5 Å².